The highest BCUT2D eigenvalue weighted by molar-refractivity contribution is 8.00. The van der Waals surface area contributed by atoms with Gasteiger partial charge >= 0.3 is 0 Å². The molecule has 1 atom stereocenters. The van der Waals surface area contributed by atoms with Gasteiger partial charge in [0.1, 0.15) is 0 Å². The first-order valence-corrected chi connectivity index (χ1v) is 11.4. The Kier molecular flexibility index (Phi) is 10.6. The molecule has 2 rings (SSSR count). The Morgan fingerprint density at radius 3 is 2.38 bits per heavy atom. The van der Waals surface area contributed by atoms with Crippen LogP contribution in [0.4, 0.5) is 0 Å². The fourth-order valence-electron chi connectivity index (χ4n) is 3.07. The zero-order chi connectivity index (χ0) is 18.6. The number of nitrogens with zero attached hydrogens (tertiary/aromatic N) is 2. The van der Waals surface area contributed by atoms with Crippen LogP contribution in [0, 0.1) is 0 Å². The van der Waals surface area contributed by atoms with Crippen LogP contribution in [-0.4, -0.2) is 14.8 Å². The lowest BCUT2D eigenvalue weighted by molar-refractivity contribution is 0.541. The van der Waals surface area contributed by atoms with E-state index >= 15 is 0 Å². The molecule has 2 nitrogen and oxygen atoms in total. The summed E-state index contributed by atoms with van der Waals surface area (Å²) in [5, 5.41) is 1.76. The topological polar surface area (TPSA) is 17.8 Å². The number of hydrogen-bond acceptors (Lipinski definition) is 2. The van der Waals surface area contributed by atoms with Crippen molar-refractivity contribution in [2.75, 3.05) is 0 Å². The van der Waals surface area contributed by atoms with E-state index in [1.54, 1.807) is 0 Å². The highest BCUT2D eigenvalue weighted by atomic mass is 35.5. The Morgan fingerprint density at radius 1 is 1.00 bits per heavy atom. The van der Waals surface area contributed by atoms with E-state index < -0.39 is 0 Å². The smallest absolute Gasteiger partial charge is 0.0946 e. The van der Waals surface area contributed by atoms with Gasteiger partial charge in [0.2, 0.25) is 0 Å². The zero-order valence-corrected chi connectivity index (χ0v) is 18.0. The second-order valence-electron chi connectivity index (χ2n) is 6.84. The van der Waals surface area contributed by atoms with Gasteiger partial charge in [-0.3, -0.25) is 0 Å². The van der Waals surface area contributed by atoms with Crippen LogP contribution >= 0.6 is 35.0 Å². The average molecular weight is 413 g/mol. The molecule has 2 aromatic rings. The Balaban J connectivity index is 1.78. The maximum Gasteiger partial charge on any atom is 0.0946 e. The van der Waals surface area contributed by atoms with E-state index in [1.165, 1.54) is 62.7 Å². The first-order chi connectivity index (χ1) is 12.7. The van der Waals surface area contributed by atoms with Crippen molar-refractivity contribution in [3.8, 4) is 0 Å². The van der Waals surface area contributed by atoms with Crippen molar-refractivity contribution in [3.63, 3.8) is 0 Å². The quantitative estimate of drug-likeness (QED) is 0.245. The van der Waals surface area contributed by atoms with Crippen molar-refractivity contribution < 1.29 is 0 Å². The normalized spacial score (nSPS) is 12.4. The van der Waals surface area contributed by atoms with E-state index in [2.05, 4.69) is 22.5 Å². The molecule has 1 heterocycles. The molecule has 1 unspecified atom stereocenters. The van der Waals surface area contributed by atoms with E-state index in [1.807, 2.05) is 42.6 Å². The molecule has 0 fully saturated rings. The number of thioether (sulfide) groups is 1. The molecule has 1 aromatic heterocycles. The second kappa shape index (κ2) is 12.7. The molecule has 0 saturated heterocycles. The van der Waals surface area contributed by atoms with Crippen LogP contribution in [0.15, 0.2) is 41.8 Å². The molecule has 0 bridgehead atoms. The number of aromatic nitrogens is 2. The molecule has 26 heavy (non-hydrogen) atoms. The maximum absolute atomic E-state index is 6.18. The van der Waals surface area contributed by atoms with Gasteiger partial charge in [0.15, 0.2) is 0 Å². The van der Waals surface area contributed by atoms with E-state index in [4.69, 9.17) is 23.2 Å². The van der Waals surface area contributed by atoms with Gasteiger partial charge in [-0.2, -0.15) is 0 Å². The lowest BCUT2D eigenvalue weighted by atomic mass is 10.1. The highest BCUT2D eigenvalue weighted by Crippen LogP contribution is 2.32. The van der Waals surface area contributed by atoms with Crippen LogP contribution in [-0.2, 0) is 6.54 Å². The number of rotatable bonds is 13. The van der Waals surface area contributed by atoms with Crippen LogP contribution in [0.3, 0.4) is 0 Å². The molecule has 0 radical (unpaired) electrons. The monoisotopic (exact) mass is 412 g/mol. The van der Waals surface area contributed by atoms with Crippen LogP contribution in [0.1, 0.15) is 64.7 Å². The SMILES string of the molecule is CCCCCCCCCCC(Cn1ccnc1)Sc1ccc(Cl)c(Cl)c1. The Morgan fingerprint density at radius 2 is 1.73 bits per heavy atom. The predicted octanol–water partition coefficient (Wildman–Crippen LogP) is 7.88. The van der Waals surface area contributed by atoms with Crippen molar-refractivity contribution in [2.24, 2.45) is 0 Å². The third-order valence-electron chi connectivity index (χ3n) is 4.55. The second-order valence-corrected chi connectivity index (χ2v) is 9.03. The molecule has 5 heteroatoms. The van der Waals surface area contributed by atoms with Gasteiger partial charge in [0.05, 0.1) is 16.4 Å². The summed E-state index contributed by atoms with van der Waals surface area (Å²) in [7, 11) is 0. The number of benzene rings is 1. The fourth-order valence-corrected chi connectivity index (χ4v) is 4.68. The summed E-state index contributed by atoms with van der Waals surface area (Å²) in [4.78, 5) is 5.35. The number of unbranched alkanes of at least 4 members (excludes halogenated alkanes) is 7. The summed E-state index contributed by atoms with van der Waals surface area (Å²) in [6.45, 7) is 3.24. The number of hydrogen-bond donors (Lipinski definition) is 0. The molecule has 0 saturated carbocycles. The minimum absolute atomic E-state index is 0.515. The minimum atomic E-state index is 0.515. The van der Waals surface area contributed by atoms with Crippen molar-refractivity contribution >= 4 is 35.0 Å². The third-order valence-corrected chi connectivity index (χ3v) is 6.53. The Labute approximate surface area is 172 Å². The largest absolute Gasteiger partial charge is 0.336 e. The van der Waals surface area contributed by atoms with Gasteiger partial charge in [-0.05, 0) is 24.6 Å². The molecule has 0 amide bonds. The molecule has 0 aliphatic rings. The summed E-state index contributed by atoms with van der Waals surface area (Å²) >= 11 is 14.1. The van der Waals surface area contributed by atoms with Crippen LogP contribution in [0.25, 0.3) is 0 Å². The van der Waals surface area contributed by atoms with Crippen molar-refractivity contribution in [3.05, 3.63) is 47.0 Å². The summed E-state index contributed by atoms with van der Waals surface area (Å²) in [5.74, 6) is 0. The van der Waals surface area contributed by atoms with Crippen LogP contribution < -0.4 is 0 Å². The van der Waals surface area contributed by atoms with E-state index in [0.717, 1.165) is 6.54 Å². The molecule has 0 aliphatic heterocycles. The zero-order valence-electron chi connectivity index (χ0n) is 15.7. The minimum Gasteiger partial charge on any atom is -0.336 e. The lowest BCUT2D eigenvalue weighted by Gasteiger charge is -2.17. The molecular formula is C21H30Cl2N2S. The predicted molar refractivity (Wildman–Crippen MR) is 116 cm³/mol. The first kappa shape index (κ1) is 21.7. The van der Waals surface area contributed by atoms with Crippen molar-refractivity contribution in [2.45, 2.75) is 81.4 Å². The number of halogens is 2. The van der Waals surface area contributed by atoms with Gasteiger partial charge in [-0.25, -0.2) is 4.98 Å². The molecule has 0 aliphatic carbocycles. The van der Waals surface area contributed by atoms with Gasteiger partial charge < -0.3 is 4.57 Å². The first-order valence-electron chi connectivity index (χ1n) is 9.76. The lowest BCUT2D eigenvalue weighted by Crippen LogP contribution is -2.12. The van der Waals surface area contributed by atoms with Crippen molar-refractivity contribution in [1.29, 1.82) is 0 Å². The summed E-state index contributed by atoms with van der Waals surface area (Å²) in [6.07, 6.45) is 17.8. The van der Waals surface area contributed by atoms with Gasteiger partial charge in [-0.15, -0.1) is 11.8 Å². The average Bonchev–Trinajstić information content (AvgIpc) is 3.13. The van der Waals surface area contributed by atoms with Gasteiger partial charge in [0, 0.05) is 29.1 Å². The van der Waals surface area contributed by atoms with Crippen LogP contribution in [0.5, 0.6) is 0 Å². The molecule has 0 N–H and O–H groups in total. The highest BCUT2D eigenvalue weighted by Gasteiger charge is 2.12. The molecule has 0 spiro atoms. The molecule has 1 aromatic carbocycles. The Bertz CT molecular complexity index is 616. The van der Waals surface area contributed by atoms with Crippen LogP contribution in [0.2, 0.25) is 10.0 Å². The molecule has 144 valence electrons. The van der Waals surface area contributed by atoms with E-state index in [0.29, 0.717) is 15.3 Å². The summed E-state index contributed by atoms with van der Waals surface area (Å²) in [5.41, 5.74) is 0. The van der Waals surface area contributed by atoms with Gasteiger partial charge in [-0.1, -0.05) is 81.5 Å². The van der Waals surface area contributed by atoms with Crippen molar-refractivity contribution in [1.82, 2.24) is 9.55 Å². The third kappa shape index (κ3) is 8.37. The summed E-state index contributed by atoms with van der Waals surface area (Å²) in [6, 6.07) is 5.92. The summed E-state index contributed by atoms with van der Waals surface area (Å²) < 4.78 is 2.17. The fraction of sp³-hybridized carbons (Fsp3) is 0.571. The van der Waals surface area contributed by atoms with E-state index in [-0.39, 0.29) is 0 Å². The van der Waals surface area contributed by atoms with E-state index in [9.17, 15) is 0 Å². The number of imidazole rings is 1. The molecular weight excluding hydrogens is 383 g/mol. The standard InChI is InChI=1S/C21H30Cl2N2S/c1-2-3-4-5-6-7-8-9-10-19(16-25-14-13-24-17-25)26-18-11-12-20(22)21(23)15-18/h11-15,17,19H,2-10,16H2,1H3. The van der Waals surface area contributed by atoms with Gasteiger partial charge in [0.25, 0.3) is 0 Å². The maximum atomic E-state index is 6.18. The Hall–Kier alpha value is -0.640.